The Bertz CT molecular complexity index is 660. The minimum atomic E-state index is -0.483. The van der Waals surface area contributed by atoms with E-state index >= 15 is 0 Å². The van der Waals surface area contributed by atoms with Crippen molar-refractivity contribution in [2.45, 2.75) is 57.7 Å². The predicted molar refractivity (Wildman–Crippen MR) is 77.0 cm³/mol. The van der Waals surface area contributed by atoms with E-state index in [9.17, 15) is 14.4 Å². The molecule has 5 aliphatic rings. The topological polar surface area (TPSA) is 63.7 Å². The van der Waals surface area contributed by atoms with Crippen LogP contribution in [0.4, 0.5) is 0 Å². The van der Waals surface area contributed by atoms with Crippen LogP contribution in [0.3, 0.4) is 0 Å². The summed E-state index contributed by atoms with van der Waals surface area (Å²) in [7, 11) is 0. The fourth-order valence-corrected chi connectivity index (χ4v) is 5.91. The highest BCUT2D eigenvalue weighted by atomic mass is 16.6. The lowest BCUT2D eigenvalue weighted by atomic mass is 9.54. The van der Waals surface area contributed by atoms with Gasteiger partial charge in [0.1, 0.15) is 5.78 Å². The molecule has 116 valence electrons. The standard InChI is InChI=1S/C18H20O4/c1-18-7-6-9-8(11(18)4-5-12(18)19)2-3-10-13(9)15(21)17-16(22-17)14(10)20/h8-9,11,16-17H,2-7H2,1H3/t8?,9?,11?,16-,17+,18+/m1/s1. The summed E-state index contributed by atoms with van der Waals surface area (Å²) in [5.74, 6) is 1.53. The second-order valence-electron chi connectivity index (χ2n) is 7.93. The molecular formula is C18H20O4. The normalized spacial score (nSPS) is 49.5. The van der Waals surface area contributed by atoms with Gasteiger partial charge in [0.05, 0.1) is 0 Å². The van der Waals surface area contributed by atoms with Crippen LogP contribution in [0.25, 0.3) is 0 Å². The number of carbonyl (C=O) groups is 3. The number of carbonyl (C=O) groups excluding carboxylic acids is 3. The first-order valence-electron chi connectivity index (χ1n) is 8.52. The Morgan fingerprint density at radius 2 is 1.77 bits per heavy atom. The number of hydrogen-bond acceptors (Lipinski definition) is 4. The van der Waals surface area contributed by atoms with Crippen molar-refractivity contribution < 1.29 is 19.1 Å². The lowest BCUT2D eigenvalue weighted by molar-refractivity contribution is -0.130. The van der Waals surface area contributed by atoms with Gasteiger partial charge in [-0.25, -0.2) is 0 Å². The summed E-state index contributed by atoms with van der Waals surface area (Å²) in [5.41, 5.74) is 1.37. The average molecular weight is 300 g/mol. The highest BCUT2D eigenvalue weighted by molar-refractivity contribution is 6.19. The van der Waals surface area contributed by atoms with Crippen molar-refractivity contribution in [3.63, 3.8) is 0 Å². The smallest absolute Gasteiger partial charge is 0.191 e. The molecule has 0 bridgehead atoms. The summed E-state index contributed by atoms with van der Waals surface area (Å²) < 4.78 is 5.30. The molecule has 0 aromatic heterocycles. The molecule has 1 heterocycles. The summed E-state index contributed by atoms with van der Waals surface area (Å²) in [5, 5.41) is 0. The summed E-state index contributed by atoms with van der Waals surface area (Å²) in [6.45, 7) is 2.13. The molecule has 0 aromatic carbocycles. The number of rotatable bonds is 0. The van der Waals surface area contributed by atoms with Crippen molar-refractivity contribution in [2.75, 3.05) is 0 Å². The number of fused-ring (bicyclic) bond motifs is 5. The Morgan fingerprint density at radius 1 is 1.00 bits per heavy atom. The maximum Gasteiger partial charge on any atom is 0.191 e. The molecule has 5 rings (SSSR count). The molecule has 0 N–H and O–H groups in total. The molecule has 4 nitrogen and oxygen atoms in total. The van der Waals surface area contributed by atoms with Gasteiger partial charge in [0.15, 0.2) is 23.8 Å². The monoisotopic (exact) mass is 300 g/mol. The number of Topliss-reactive ketones (excluding diaryl/α,β-unsaturated/α-hetero) is 3. The molecule has 1 aliphatic heterocycles. The third-order valence-corrected chi connectivity index (χ3v) is 7.14. The molecule has 2 saturated carbocycles. The van der Waals surface area contributed by atoms with Crippen molar-refractivity contribution in [1.82, 2.24) is 0 Å². The number of hydrogen-bond donors (Lipinski definition) is 0. The molecule has 0 amide bonds. The van der Waals surface area contributed by atoms with E-state index in [-0.39, 0.29) is 22.9 Å². The van der Waals surface area contributed by atoms with Crippen LogP contribution >= 0.6 is 0 Å². The fourth-order valence-electron chi connectivity index (χ4n) is 5.91. The van der Waals surface area contributed by atoms with Crippen LogP contribution in [0.2, 0.25) is 0 Å². The molecule has 3 fully saturated rings. The van der Waals surface area contributed by atoms with Gasteiger partial charge in [0.25, 0.3) is 0 Å². The van der Waals surface area contributed by atoms with Crippen molar-refractivity contribution in [2.24, 2.45) is 23.2 Å². The van der Waals surface area contributed by atoms with Crippen molar-refractivity contribution >= 4 is 17.3 Å². The van der Waals surface area contributed by atoms with Crippen LogP contribution in [0, 0.1) is 23.2 Å². The Labute approximate surface area is 129 Å². The van der Waals surface area contributed by atoms with E-state index in [1.165, 1.54) is 0 Å². The maximum atomic E-state index is 12.6. The number of ketones is 3. The SMILES string of the molecule is C[C@]12CCC3C4=C(CCC3C1CCC2=O)C(=O)[C@H]1O[C@H]1C4=O. The van der Waals surface area contributed by atoms with E-state index in [1.54, 1.807) is 0 Å². The Balaban J connectivity index is 1.56. The van der Waals surface area contributed by atoms with Crippen LogP contribution < -0.4 is 0 Å². The quantitative estimate of drug-likeness (QED) is 0.642. The van der Waals surface area contributed by atoms with Crippen LogP contribution in [0.15, 0.2) is 11.1 Å². The van der Waals surface area contributed by atoms with Gasteiger partial charge in [-0.15, -0.1) is 0 Å². The van der Waals surface area contributed by atoms with Gasteiger partial charge in [0, 0.05) is 23.0 Å². The summed E-state index contributed by atoms with van der Waals surface area (Å²) in [6, 6.07) is 0. The summed E-state index contributed by atoms with van der Waals surface area (Å²) in [4.78, 5) is 37.3. The summed E-state index contributed by atoms with van der Waals surface area (Å²) in [6.07, 6.45) is 4.10. The first kappa shape index (κ1) is 13.2. The van der Waals surface area contributed by atoms with Crippen LogP contribution in [-0.4, -0.2) is 29.6 Å². The highest BCUT2D eigenvalue weighted by Gasteiger charge is 2.61. The molecule has 1 saturated heterocycles. The number of ether oxygens (including phenoxy) is 1. The van der Waals surface area contributed by atoms with Gasteiger partial charge in [-0.3, -0.25) is 14.4 Å². The van der Waals surface area contributed by atoms with Gasteiger partial charge in [-0.1, -0.05) is 6.92 Å². The van der Waals surface area contributed by atoms with Gasteiger partial charge < -0.3 is 4.74 Å². The van der Waals surface area contributed by atoms with E-state index in [1.807, 2.05) is 0 Å². The minimum absolute atomic E-state index is 0.0638. The Kier molecular flexibility index (Phi) is 2.38. The average Bonchev–Trinajstić information content (AvgIpc) is 3.26. The molecule has 0 radical (unpaired) electrons. The lowest BCUT2D eigenvalue weighted by Gasteiger charge is -2.48. The van der Waals surface area contributed by atoms with Crippen LogP contribution in [0.1, 0.15) is 45.4 Å². The van der Waals surface area contributed by atoms with Crippen LogP contribution in [-0.2, 0) is 19.1 Å². The predicted octanol–water partition coefficient (Wildman–Crippen LogP) is 2.01. The van der Waals surface area contributed by atoms with Gasteiger partial charge in [-0.05, 0) is 49.9 Å². The molecule has 22 heavy (non-hydrogen) atoms. The molecule has 0 aromatic rings. The molecule has 3 unspecified atom stereocenters. The highest BCUT2D eigenvalue weighted by Crippen LogP contribution is 2.60. The van der Waals surface area contributed by atoms with Gasteiger partial charge in [-0.2, -0.15) is 0 Å². The Morgan fingerprint density at radius 3 is 2.59 bits per heavy atom. The third kappa shape index (κ3) is 1.40. The fraction of sp³-hybridized carbons (Fsp3) is 0.722. The largest absolute Gasteiger partial charge is 0.352 e. The second kappa shape index (κ2) is 3.97. The van der Waals surface area contributed by atoms with Crippen LogP contribution in [0.5, 0.6) is 0 Å². The molecular weight excluding hydrogens is 280 g/mol. The Hall–Kier alpha value is -1.29. The van der Waals surface area contributed by atoms with E-state index in [4.69, 9.17) is 4.74 Å². The molecule has 4 aliphatic carbocycles. The lowest BCUT2D eigenvalue weighted by Crippen LogP contribution is -2.46. The van der Waals surface area contributed by atoms with E-state index in [2.05, 4.69) is 6.92 Å². The van der Waals surface area contributed by atoms with E-state index in [0.29, 0.717) is 30.5 Å². The van der Waals surface area contributed by atoms with E-state index in [0.717, 1.165) is 36.8 Å². The zero-order valence-corrected chi connectivity index (χ0v) is 12.8. The molecule has 0 spiro atoms. The first-order chi connectivity index (χ1) is 10.5. The zero-order chi connectivity index (χ0) is 15.2. The minimum Gasteiger partial charge on any atom is -0.352 e. The molecule has 4 heteroatoms. The maximum absolute atomic E-state index is 12.6. The van der Waals surface area contributed by atoms with Crippen molar-refractivity contribution in [1.29, 1.82) is 0 Å². The number of epoxide rings is 1. The molecule has 6 atom stereocenters. The zero-order valence-electron chi connectivity index (χ0n) is 12.8. The van der Waals surface area contributed by atoms with Gasteiger partial charge in [0.2, 0.25) is 0 Å². The van der Waals surface area contributed by atoms with E-state index < -0.39 is 12.2 Å². The summed E-state index contributed by atoms with van der Waals surface area (Å²) >= 11 is 0. The van der Waals surface area contributed by atoms with Crippen molar-refractivity contribution in [3.8, 4) is 0 Å². The van der Waals surface area contributed by atoms with Crippen molar-refractivity contribution in [3.05, 3.63) is 11.1 Å². The van der Waals surface area contributed by atoms with Gasteiger partial charge >= 0.3 is 0 Å². The second-order valence-corrected chi connectivity index (χ2v) is 7.93. The first-order valence-corrected chi connectivity index (χ1v) is 8.52. The third-order valence-electron chi connectivity index (χ3n) is 7.14.